The molecule has 5 nitrogen and oxygen atoms in total. The molecule has 2 aliphatic heterocycles. The van der Waals surface area contributed by atoms with Crippen molar-refractivity contribution in [2.24, 2.45) is 11.8 Å². The van der Waals surface area contributed by atoms with Crippen molar-refractivity contribution in [3.63, 3.8) is 0 Å². The number of piperidine rings is 1. The molecule has 0 aromatic heterocycles. The predicted molar refractivity (Wildman–Crippen MR) is 117 cm³/mol. The second-order valence-electron chi connectivity index (χ2n) is 8.45. The topological polar surface area (TPSA) is 52.7 Å². The number of nitrogens with zero attached hydrogens (tertiary/aromatic N) is 2. The third kappa shape index (κ3) is 4.44. The number of hydrogen-bond acceptors (Lipinski definition) is 3. The van der Waals surface area contributed by atoms with Crippen LogP contribution in [0, 0.1) is 18.8 Å². The van der Waals surface area contributed by atoms with Gasteiger partial charge in [0.2, 0.25) is 11.8 Å². The smallest absolute Gasteiger partial charge is 0.229 e. The summed E-state index contributed by atoms with van der Waals surface area (Å²) in [4.78, 5) is 29.3. The van der Waals surface area contributed by atoms with Crippen LogP contribution >= 0.6 is 0 Å². The highest BCUT2D eigenvalue weighted by atomic mass is 16.2. The highest BCUT2D eigenvalue weighted by Gasteiger charge is 2.35. The van der Waals surface area contributed by atoms with Crippen molar-refractivity contribution < 1.29 is 9.59 Å². The van der Waals surface area contributed by atoms with Crippen molar-refractivity contribution >= 4 is 28.9 Å². The van der Waals surface area contributed by atoms with Crippen LogP contribution in [0.25, 0.3) is 0 Å². The van der Waals surface area contributed by atoms with E-state index in [-0.39, 0.29) is 24.2 Å². The number of amides is 2. The molecule has 2 saturated heterocycles. The van der Waals surface area contributed by atoms with Crippen molar-refractivity contribution in [1.29, 1.82) is 0 Å². The quantitative estimate of drug-likeness (QED) is 0.849. The second kappa shape index (κ2) is 8.27. The van der Waals surface area contributed by atoms with Crippen LogP contribution in [0.3, 0.4) is 0 Å². The molecule has 0 bridgehead atoms. The summed E-state index contributed by atoms with van der Waals surface area (Å²) in [7, 11) is 0. The molecular weight excluding hydrogens is 362 g/mol. The molecule has 1 atom stereocenters. The average Bonchev–Trinajstić information content (AvgIpc) is 3.11. The zero-order valence-corrected chi connectivity index (χ0v) is 17.2. The zero-order valence-electron chi connectivity index (χ0n) is 17.2. The number of carbonyl (C=O) groups excluding carboxylic acids is 2. The number of nitrogens with one attached hydrogen (secondary N) is 1. The Morgan fingerprint density at radius 3 is 2.45 bits per heavy atom. The maximum absolute atomic E-state index is 12.7. The fraction of sp³-hybridized carbons (Fsp3) is 0.417. The van der Waals surface area contributed by atoms with Gasteiger partial charge in [0.05, 0.1) is 5.92 Å². The van der Waals surface area contributed by atoms with Gasteiger partial charge in [0, 0.05) is 43.1 Å². The number of carbonyl (C=O) groups is 2. The van der Waals surface area contributed by atoms with Gasteiger partial charge in [0.1, 0.15) is 0 Å². The van der Waals surface area contributed by atoms with Gasteiger partial charge in [0.15, 0.2) is 0 Å². The largest absolute Gasteiger partial charge is 0.372 e. The Morgan fingerprint density at radius 1 is 1.03 bits per heavy atom. The SMILES string of the molecule is Cc1cccc(N2CC(C(=O)Nc3ccc(N4CCC(C)CC4)cc3)CC2=O)c1. The lowest BCUT2D eigenvalue weighted by Gasteiger charge is -2.32. The molecule has 1 unspecified atom stereocenters. The molecule has 0 aliphatic carbocycles. The van der Waals surface area contributed by atoms with Gasteiger partial charge in [-0.25, -0.2) is 0 Å². The summed E-state index contributed by atoms with van der Waals surface area (Å²) in [5, 5.41) is 2.99. The summed E-state index contributed by atoms with van der Waals surface area (Å²) < 4.78 is 0. The van der Waals surface area contributed by atoms with Gasteiger partial charge in [0.25, 0.3) is 0 Å². The second-order valence-corrected chi connectivity index (χ2v) is 8.45. The van der Waals surface area contributed by atoms with Gasteiger partial charge in [-0.3, -0.25) is 9.59 Å². The van der Waals surface area contributed by atoms with E-state index in [9.17, 15) is 9.59 Å². The van der Waals surface area contributed by atoms with Crippen LogP contribution in [-0.4, -0.2) is 31.4 Å². The molecule has 2 fully saturated rings. The molecule has 2 aliphatic rings. The normalized spacial score (nSPS) is 20.2. The minimum atomic E-state index is -0.328. The molecule has 0 saturated carbocycles. The summed E-state index contributed by atoms with van der Waals surface area (Å²) in [5.41, 5.74) is 3.96. The van der Waals surface area contributed by atoms with Crippen molar-refractivity contribution in [3.8, 4) is 0 Å². The van der Waals surface area contributed by atoms with E-state index in [2.05, 4.69) is 29.3 Å². The minimum absolute atomic E-state index is 0.00502. The lowest BCUT2D eigenvalue weighted by Crippen LogP contribution is -2.32. The molecule has 1 N–H and O–H groups in total. The summed E-state index contributed by atoms with van der Waals surface area (Å²) >= 11 is 0. The minimum Gasteiger partial charge on any atom is -0.372 e. The van der Waals surface area contributed by atoms with E-state index in [0.29, 0.717) is 6.54 Å². The van der Waals surface area contributed by atoms with Crippen LogP contribution < -0.4 is 15.1 Å². The van der Waals surface area contributed by atoms with Crippen molar-refractivity contribution in [2.45, 2.75) is 33.1 Å². The van der Waals surface area contributed by atoms with Crippen LogP contribution in [0.4, 0.5) is 17.1 Å². The third-order valence-corrected chi connectivity index (χ3v) is 6.09. The molecule has 0 spiro atoms. The summed E-state index contributed by atoms with van der Waals surface area (Å²) in [6.07, 6.45) is 2.71. The van der Waals surface area contributed by atoms with E-state index >= 15 is 0 Å². The number of rotatable bonds is 4. The Balaban J connectivity index is 1.36. The van der Waals surface area contributed by atoms with Gasteiger partial charge in [-0.15, -0.1) is 0 Å². The molecular formula is C24H29N3O2. The Bertz CT molecular complexity index is 885. The molecule has 0 radical (unpaired) electrons. The summed E-state index contributed by atoms with van der Waals surface area (Å²) in [6, 6.07) is 15.9. The monoisotopic (exact) mass is 391 g/mol. The first-order valence-corrected chi connectivity index (χ1v) is 10.5. The average molecular weight is 392 g/mol. The van der Waals surface area contributed by atoms with Crippen LogP contribution in [-0.2, 0) is 9.59 Å². The summed E-state index contributed by atoms with van der Waals surface area (Å²) in [6.45, 7) is 6.92. The van der Waals surface area contributed by atoms with E-state index in [1.165, 1.54) is 18.5 Å². The lowest BCUT2D eigenvalue weighted by atomic mass is 9.99. The number of anilines is 3. The Hall–Kier alpha value is -2.82. The number of hydrogen-bond donors (Lipinski definition) is 1. The van der Waals surface area contributed by atoms with E-state index in [4.69, 9.17) is 0 Å². The van der Waals surface area contributed by atoms with Crippen LogP contribution in [0.1, 0.15) is 31.7 Å². The zero-order chi connectivity index (χ0) is 20.4. The fourth-order valence-corrected chi connectivity index (χ4v) is 4.20. The van der Waals surface area contributed by atoms with Gasteiger partial charge in [-0.05, 0) is 67.6 Å². The predicted octanol–water partition coefficient (Wildman–Crippen LogP) is 4.22. The molecule has 2 aromatic rings. The summed E-state index contributed by atoms with van der Waals surface area (Å²) in [5.74, 6) is 0.392. The van der Waals surface area contributed by atoms with Crippen molar-refractivity contribution in [3.05, 3.63) is 54.1 Å². The van der Waals surface area contributed by atoms with Crippen LogP contribution in [0.5, 0.6) is 0 Å². The van der Waals surface area contributed by atoms with E-state index in [0.717, 1.165) is 35.9 Å². The lowest BCUT2D eigenvalue weighted by molar-refractivity contribution is -0.122. The molecule has 29 heavy (non-hydrogen) atoms. The van der Waals surface area contributed by atoms with E-state index in [1.54, 1.807) is 4.90 Å². The molecule has 2 amide bonds. The first kappa shape index (κ1) is 19.5. The van der Waals surface area contributed by atoms with Gasteiger partial charge < -0.3 is 15.1 Å². The van der Waals surface area contributed by atoms with E-state index in [1.807, 2.05) is 43.3 Å². The molecule has 152 valence electrons. The molecule has 4 rings (SSSR count). The fourth-order valence-electron chi connectivity index (χ4n) is 4.20. The van der Waals surface area contributed by atoms with Gasteiger partial charge >= 0.3 is 0 Å². The highest BCUT2D eigenvalue weighted by molar-refractivity contribution is 6.03. The van der Waals surface area contributed by atoms with Crippen molar-refractivity contribution in [2.75, 3.05) is 34.8 Å². The first-order valence-electron chi connectivity index (χ1n) is 10.5. The Kier molecular flexibility index (Phi) is 5.56. The maximum atomic E-state index is 12.7. The van der Waals surface area contributed by atoms with Crippen LogP contribution in [0.2, 0.25) is 0 Å². The van der Waals surface area contributed by atoms with Crippen molar-refractivity contribution in [1.82, 2.24) is 0 Å². The molecule has 2 aromatic carbocycles. The number of aryl methyl sites for hydroxylation is 1. The number of benzene rings is 2. The van der Waals surface area contributed by atoms with E-state index < -0.39 is 0 Å². The highest BCUT2D eigenvalue weighted by Crippen LogP contribution is 2.28. The van der Waals surface area contributed by atoms with Crippen LogP contribution in [0.15, 0.2) is 48.5 Å². The first-order chi connectivity index (χ1) is 14.0. The Labute approximate surface area is 172 Å². The van der Waals surface area contributed by atoms with Gasteiger partial charge in [-0.1, -0.05) is 19.1 Å². The maximum Gasteiger partial charge on any atom is 0.229 e. The molecule has 5 heteroatoms. The third-order valence-electron chi connectivity index (χ3n) is 6.09. The van der Waals surface area contributed by atoms with Gasteiger partial charge in [-0.2, -0.15) is 0 Å². The standard InChI is InChI=1S/C24H29N3O2/c1-17-10-12-26(13-11-17)21-8-6-20(7-9-21)25-24(29)19-15-23(28)27(16-19)22-5-3-4-18(2)14-22/h3-9,14,17,19H,10-13,15-16H2,1-2H3,(H,25,29). The molecule has 2 heterocycles. The Morgan fingerprint density at radius 2 is 1.76 bits per heavy atom.